The van der Waals surface area contributed by atoms with E-state index >= 15 is 0 Å². The van der Waals surface area contributed by atoms with Crippen LogP contribution in [0.5, 0.6) is 0 Å². The predicted molar refractivity (Wildman–Crippen MR) is 93.9 cm³/mol. The number of fused-ring (bicyclic) bond motifs is 1. The second-order valence-electron chi connectivity index (χ2n) is 6.33. The highest BCUT2D eigenvalue weighted by Gasteiger charge is 2.15. The second-order valence-corrected chi connectivity index (χ2v) is 6.33. The van der Waals surface area contributed by atoms with Gasteiger partial charge in [0.1, 0.15) is 5.52 Å². The van der Waals surface area contributed by atoms with Gasteiger partial charge in [0.05, 0.1) is 0 Å². The van der Waals surface area contributed by atoms with Gasteiger partial charge in [0, 0.05) is 37.4 Å². The van der Waals surface area contributed by atoms with E-state index in [1.165, 1.54) is 11.3 Å². The van der Waals surface area contributed by atoms with Crippen LogP contribution in [0.15, 0.2) is 46.9 Å². The summed E-state index contributed by atoms with van der Waals surface area (Å²) in [4.78, 5) is 9.40. The Morgan fingerprint density at radius 2 is 1.70 bits per heavy atom. The predicted octanol–water partition coefficient (Wildman–Crippen LogP) is 3.56. The van der Waals surface area contributed by atoms with Crippen LogP contribution in [0, 0.1) is 6.92 Å². The molecule has 4 rings (SSSR count). The first-order chi connectivity index (χ1) is 11.2. The van der Waals surface area contributed by atoms with Crippen molar-refractivity contribution in [2.24, 2.45) is 0 Å². The van der Waals surface area contributed by atoms with Crippen LogP contribution in [0.2, 0.25) is 0 Å². The molecule has 0 amide bonds. The van der Waals surface area contributed by atoms with Crippen LogP contribution in [-0.4, -0.2) is 43.1 Å². The zero-order valence-electron chi connectivity index (χ0n) is 13.6. The van der Waals surface area contributed by atoms with Gasteiger partial charge in [0.15, 0.2) is 5.58 Å². The van der Waals surface area contributed by atoms with E-state index in [1.807, 2.05) is 12.1 Å². The largest absolute Gasteiger partial charge is 0.436 e. The number of rotatable bonds is 2. The van der Waals surface area contributed by atoms with Crippen LogP contribution < -0.4 is 4.90 Å². The Balaban J connectivity index is 1.59. The molecule has 0 unspecified atom stereocenters. The molecule has 118 valence electrons. The first-order valence-electron chi connectivity index (χ1n) is 8.10. The summed E-state index contributed by atoms with van der Waals surface area (Å²) in [5.74, 6) is 0.690. The molecule has 1 fully saturated rings. The number of piperazine rings is 1. The number of aromatic nitrogens is 1. The Morgan fingerprint density at radius 1 is 0.957 bits per heavy atom. The van der Waals surface area contributed by atoms with Crippen LogP contribution in [0.3, 0.4) is 0 Å². The molecule has 3 aromatic rings. The van der Waals surface area contributed by atoms with Crippen molar-refractivity contribution in [1.29, 1.82) is 0 Å². The van der Waals surface area contributed by atoms with Gasteiger partial charge in [-0.1, -0.05) is 6.07 Å². The zero-order valence-corrected chi connectivity index (χ0v) is 13.6. The van der Waals surface area contributed by atoms with Crippen molar-refractivity contribution in [2.75, 3.05) is 38.1 Å². The van der Waals surface area contributed by atoms with Gasteiger partial charge in [-0.2, -0.15) is 0 Å². The van der Waals surface area contributed by atoms with Gasteiger partial charge >= 0.3 is 0 Å². The third kappa shape index (κ3) is 2.82. The van der Waals surface area contributed by atoms with Crippen molar-refractivity contribution < 1.29 is 4.42 Å². The molecule has 1 aromatic heterocycles. The molecule has 1 aliphatic heterocycles. The molecule has 1 aliphatic rings. The summed E-state index contributed by atoms with van der Waals surface area (Å²) in [5.41, 5.74) is 5.25. The maximum absolute atomic E-state index is 5.88. The van der Waals surface area contributed by atoms with Crippen LogP contribution >= 0.6 is 0 Å². The van der Waals surface area contributed by atoms with Crippen LogP contribution in [0.4, 0.5) is 5.69 Å². The summed E-state index contributed by atoms with van der Waals surface area (Å²) in [6.07, 6.45) is 0. The number of hydrogen-bond acceptors (Lipinski definition) is 4. The van der Waals surface area contributed by atoms with Crippen molar-refractivity contribution in [1.82, 2.24) is 9.88 Å². The summed E-state index contributed by atoms with van der Waals surface area (Å²) in [6, 6.07) is 14.6. The Morgan fingerprint density at radius 3 is 2.43 bits per heavy atom. The number of oxazole rings is 1. The van der Waals surface area contributed by atoms with Gasteiger partial charge in [-0.15, -0.1) is 0 Å². The number of benzene rings is 2. The Bertz CT molecular complexity index is 814. The van der Waals surface area contributed by atoms with Crippen molar-refractivity contribution in [3.63, 3.8) is 0 Å². The minimum absolute atomic E-state index is 0.690. The smallest absolute Gasteiger partial charge is 0.227 e. The highest BCUT2D eigenvalue weighted by molar-refractivity contribution is 5.77. The van der Waals surface area contributed by atoms with E-state index in [0.29, 0.717) is 5.89 Å². The fourth-order valence-electron chi connectivity index (χ4n) is 3.04. The Labute approximate surface area is 136 Å². The molecule has 4 nitrogen and oxygen atoms in total. The molecule has 2 heterocycles. The van der Waals surface area contributed by atoms with E-state index in [2.05, 4.69) is 59.1 Å². The minimum Gasteiger partial charge on any atom is -0.436 e. The Kier molecular flexibility index (Phi) is 3.54. The van der Waals surface area contributed by atoms with Crippen molar-refractivity contribution in [3.05, 3.63) is 48.0 Å². The highest BCUT2D eigenvalue weighted by atomic mass is 16.3. The minimum atomic E-state index is 0.690. The number of anilines is 1. The molecule has 0 saturated carbocycles. The van der Waals surface area contributed by atoms with Crippen molar-refractivity contribution in [2.45, 2.75) is 6.92 Å². The molecule has 23 heavy (non-hydrogen) atoms. The summed E-state index contributed by atoms with van der Waals surface area (Å²) in [7, 11) is 2.18. The number of nitrogens with zero attached hydrogens (tertiary/aromatic N) is 3. The van der Waals surface area contributed by atoms with E-state index in [4.69, 9.17) is 4.42 Å². The molecule has 0 spiro atoms. The SMILES string of the molecule is Cc1ccc2oc(-c3ccc(N4CCN(C)CC4)cc3)nc2c1. The van der Waals surface area contributed by atoms with Gasteiger partial charge in [-0.25, -0.2) is 4.98 Å². The standard InChI is InChI=1S/C19H21N3O/c1-14-3-8-18-17(13-14)20-19(23-18)15-4-6-16(7-5-15)22-11-9-21(2)10-12-22/h3-8,13H,9-12H2,1-2H3. The van der Waals surface area contributed by atoms with Crippen molar-refractivity contribution in [3.8, 4) is 11.5 Å². The average Bonchev–Trinajstić information content (AvgIpc) is 2.99. The van der Waals surface area contributed by atoms with Crippen LogP contribution in [0.25, 0.3) is 22.6 Å². The highest BCUT2D eigenvalue weighted by Crippen LogP contribution is 2.27. The van der Waals surface area contributed by atoms with Gasteiger partial charge < -0.3 is 14.2 Å². The number of aryl methyl sites for hydroxylation is 1. The summed E-state index contributed by atoms with van der Waals surface area (Å²) >= 11 is 0. The lowest BCUT2D eigenvalue weighted by Crippen LogP contribution is -2.44. The molecular formula is C19H21N3O. The van der Waals surface area contributed by atoms with Crippen molar-refractivity contribution >= 4 is 16.8 Å². The fourth-order valence-corrected chi connectivity index (χ4v) is 3.04. The first-order valence-corrected chi connectivity index (χ1v) is 8.10. The molecule has 1 saturated heterocycles. The van der Waals surface area contributed by atoms with Gasteiger partial charge in [0.25, 0.3) is 0 Å². The average molecular weight is 307 g/mol. The van der Waals surface area contributed by atoms with Gasteiger partial charge in [-0.05, 0) is 55.9 Å². The fraction of sp³-hybridized carbons (Fsp3) is 0.316. The van der Waals surface area contributed by atoms with E-state index in [0.717, 1.165) is 42.8 Å². The lowest BCUT2D eigenvalue weighted by atomic mass is 10.2. The quantitative estimate of drug-likeness (QED) is 0.725. The molecule has 0 atom stereocenters. The van der Waals surface area contributed by atoms with E-state index in [-0.39, 0.29) is 0 Å². The van der Waals surface area contributed by atoms with Gasteiger partial charge in [0.2, 0.25) is 5.89 Å². The molecule has 0 bridgehead atoms. The molecule has 0 aliphatic carbocycles. The summed E-state index contributed by atoms with van der Waals surface area (Å²) in [5, 5.41) is 0. The van der Waals surface area contributed by atoms with E-state index < -0.39 is 0 Å². The van der Waals surface area contributed by atoms with E-state index in [1.54, 1.807) is 0 Å². The normalized spacial score (nSPS) is 16.2. The summed E-state index contributed by atoms with van der Waals surface area (Å²) in [6.45, 7) is 6.47. The maximum atomic E-state index is 5.88. The first kappa shape index (κ1) is 14.3. The molecule has 0 radical (unpaired) electrons. The van der Waals surface area contributed by atoms with Crippen LogP contribution in [0.1, 0.15) is 5.56 Å². The molecular weight excluding hydrogens is 286 g/mol. The Hall–Kier alpha value is -2.33. The third-order valence-corrected chi connectivity index (χ3v) is 4.53. The zero-order chi connectivity index (χ0) is 15.8. The topological polar surface area (TPSA) is 32.5 Å². The lowest BCUT2D eigenvalue weighted by Gasteiger charge is -2.34. The molecule has 2 aromatic carbocycles. The molecule has 0 N–H and O–H groups in total. The van der Waals surface area contributed by atoms with E-state index in [9.17, 15) is 0 Å². The summed E-state index contributed by atoms with van der Waals surface area (Å²) < 4.78 is 5.88. The maximum Gasteiger partial charge on any atom is 0.227 e. The lowest BCUT2D eigenvalue weighted by molar-refractivity contribution is 0.313. The number of hydrogen-bond donors (Lipinski definition) is 0. The van der Waals surface area contributed by atoms with Crippen LogP contribution in [-0.2, 0) is 0 Å². The van der Waals surface area contributed by atoms with Gasteiger partial charge in [-0.3, -0.25) is 0 Å². The third-order valence-electron chi connectivity index (χ3n) is 4.53. The molecule has 4 heteroatoms. The second kappa shape index (κ2) is 5.70. The number of likely N-dealkylation sites (N-methyl/N-ethyl adjacent to an activating group) is 1. The monoisotopic (exact) mass is 307 g/mol.